The van der Waals surface area contributed by atoms with Crippen molar-refractivity contribution in [1.29, 1.82) is 0 Å². The van der Waals surface area contributed by atoms with Crippen LogP contribution in [0.15, 0.2) is 24.3 Å². The largest absolute Gasteiger partial charge is 0.323 e. The molecule has 5 nitrogen and oxygen atoms in total. The SMILES string of the molecule is CN(Cc1ccc(F)cc1)C(=O)Nc1nnc(CC2CCCC2)s1. The Hall–Kier alpha value is -2.02. The van der Waals surface area contributed by atoms with Crippen LogP contribution in [0.2, 0.25) is 0 Å². The van der Waals surface area contributed by atoms with Crippen molar-refractivity contribution in [2.45, 2.75) is 38.6 Å². The predicted molar refractivity (Wildman–Crippen MR) is 92.5 cm³/mol. The van der Waals surface area contributed by atoms with Crippen LogP contribution in [-0.4, -0.2) is 28.2 Å². The van der Waals surface area contributed by atoms with Gasteiger partial charge in [0.2, 0.25) is 5.13 Å². The van der Waals surface area contributed by atoms with Gasteiger partial charge in [0, 0.05) is 20.0 Å². The van der Waals surface area contributed by atoms with Gasteiger partial charge in [-0.1, -0.05) is 49.2 Å². The summed E-state index contributed by atoms with van der Waals surface area (Å²) in [5.74, 6) is 0.428. The minimum atomic E-state index is -0.283. The van der Waals surface area contributed by atoms with E-state index in [0.717, 1.165) is 17.0 Å². The number of hydrogen-bond acceptors (Lipinski definition) is 4. The van der Waals surface area contributed by atoms with Gasteiger partial charge in [0.1, 0.15) is 10.8 Å². The summed E-state index contributed by atoms with van der Waals surface area (Å²) < 4.78 is 12.9. The number of nitrogens with zero attached hydrogens (tertiary/aromatic N) is 3. The zero-order valence-corrected chi connectivity index (χ0v) is 14.5. The maximum Gasteiger partial charge on any atom is 0.323 e. The number of aromatic nitrogens is 2. The highest BCUT2D eigenvalue weighted by molar-refractivity contribution is 7.15. The first-order chi connectivity index (χ1) is 11.6. The van der Waals surface area contributed by atoms with Crippen LogP contribution in [0, 0.1) is 11.7 Å². The fraction of sp³-hybridized carbons (Fsp3) is 0.471. The molecule has 1 aromatic carbocycles. The molecule has 0 radical (unpaired) electrons. The number of benzene rings is 1. The van der Waals surface area contributed by atoms with E-state index >= 15 is 0 Å². The van der Waals surface area contributed by atoms with Gasteiger partial charge in [-0.3, -0.25) is 5.32 Å². The third kappa shape index (κ3) is 4.50. The summed E-state index contributed by atoms with van der Waals surface area (Å²) in [6.45, 7) is 0.403. The topological polar surface area (TPSA) is 58.1 Å². The van der Waals surface area contributed by atoms with Crippen molar-refractivity contribution >= 4 is 22.5 Å². The van der Waals surface area contributed by atoms with Crippen LogP contribution < -0.4 is 5.32 Å². The Morgan fingerprint density at radius 3 is 2.71 bits per heavy atom. The van der Waals surface area contributed by atoms with E-state index in [4.69, 9.17) is 0 Å². The predicted octanol–water partition coefficient (Wildman–Crippen LogP) is 4.07. The Bertz CT molecular complexity index is 682. The number of hydrogen-bond donors (Lipinski definition) is 1. The molecular formula is C17H21FN4OS. The van der Waals surface area contributed by atoms with Gasteiger partial charge < -0.3 is 4.90 Å². The van der Waals surface area contributed by atoms with Crippen molar-refractivity contribution in [2.24, 2.45) is 5.92 Å². The van der Waals surface area contributed by atoms with E-state index in [0.29, 0.717) is 17.6 Å². The van der Waals surface area contributed by atoms with Crippen LogP contribution in [0.3, 0.4) is 0 Å². The molecule has 1 heterocycles. The Morgan fingerprint density at radius 2 is 2.00 bits per heavy atom. The normalized spacial score (nSPS) is 14.8. The fourth-order valence-electron chi connectivity index (χ4n) is 2.97. The monoisotopic (exact) mass is 348 g/mol. The maximum atomic E-state index is 12.9. The van der Waals surface area contributed by atoms with Gasteiger partial charge in [-0.15, -0.1) is 10.2 Å². The van der Waals surface area contributed by atoms with Crippen molar-refractivity contribution < 1.29 is 9.18 Å². The Balaban J connectivity index is 1.52. The molecule has 2 aromatic rings. The number of urea groups is 1. The molecule has 3 rings (SSSR count). The highest BCUT2D eigenvalue weighted by atomic mass is 32.1. The second-order valence-corrected chi connectivity index (χ2v) is 7.33. The average molecular weight is 348 g/mol. The zero-order valence-electron chi connectivity index (χ0n) is 13.7. The standard InChI is InChI=1S/C17H21FN4OS/c1-22(11-13-6-8-14(18)9-7-13)17(23)19-16-21-20-15(24-16)10-12-4-2-3-5-12/h6-9,12H,2-5,10-11H2,1H3,(H,19,21,23). The molecule has 24 heavy (non-hydrogen) atoms. The number of rotatable bonds is 5. The second-order valence-electron chi connectivity index (χ2n) is 6.27. The van der Waals surface area contributed by atoms with Gasteiger partial charge in [-0.05, 0) is 23.6 Å². The van der Waals surface area contributed by atoms with Crippen molar-refractivity contribution in [3.05, 3.63) is 40.7 Å². The molecule has 1 aliphatic carbocycles. The van der Waals surface area contributed by atoms with Crippen molar-refractivity contribution in [2.75, 3.05) is 12.4 Å². The van der Waals surface area contributed by atoms with Gasteiger partial charge in [0.05, 0.1) is 0 Å². The molecule has 0 atom stereocenters. The number of nitrogens with one attached hydrogen (secondary N) is 1. The van der Waals surface area contributed by atoms with E-state index < -0.39 is 0 Å². The first kappa shape index (κ1) is 16.8. The Kier molecular flexibility index (Phi) is 5.40. The Morgan fingerprint density at radius 1 is 1.29 bits per heavy atom. The van der Waals surface area contributed by atoms with Gasteiger partial charge in [-0.2, -0.15) is 0 Å². The number of amides is 2. The second kappa shape index (κ2) is 7.70. The summed E-state index contributed by atoms with van der Waals surface area (Å²) in [7, 11) is 1.69. The van der Waals surface area contributed by atoms with Gasteiger partial charge in [-0.25, -0.2) is 9.18 Å². The van der Waals surface area contributed by atoms with Gasteiger partial charge in [0.15, 0.2) is 0 Å². The van der Waals surface area contributed by atoms with E-state index in [1.54, 1.807) is 19.2 Å². The summed E-state index contributed by atoms with van der Waals surface area (Å²) in [6.07, 6.45) is 6.10. The van der Waals surface area contributed by atoms with Crippen LogP contribution in [0.5, 0.6) is 0 Å². The first-order valence-corrected chi connectivity index (χ1v) is 9.01. The molecule has 1 fully saturated rings. The van der Waals surface area contributed by atoms with E-state index in [2.05, 4.69) is 15.5 Å². The molecule has 1 N–H and O–H groups in total. The molecule has 0 unspecified atom stereocenters. The molecule has 2 amide bonds. The smallest absolute Gasteiger partial charge is 0.323 e. The summed E-state index contributed by atoms with van der Waals surface area (Å²) in [5.41, 5.74) is 0.869. The quantitative estimate of drug-likeness (QED) is 0.886. The molecule has 128 valence electrons. The number of halogens is 1. The van der Waals surface area contributed by atoms with Crippen LogP contribution >= 0.6 is 11.3 Å². The highest BCUT2D eigenvalue weighted by Gasteiger charge is 2.18. The Labute approximate surface area is 144 Å². The van der Waals surface area contributed by atoms with Gasteiger partial charge >= 0.3 is 6.03 Å². The average Bonchev–Trinajstić information content (AvgIpc) is 3.22. The van der Waals surface area contributed by atoms with Crippen LogP contribution in [0.4, 0.5) is 14.3 Å². The van der Waals surface area contributed by atoms with Crippen LogP contribution in [-0.2, 0) is 13.0 Å². The zero-order chi connectivity index (χ0) is 16.9. The third-order valence-corrected chi connectivity index (χ3v) is 5.16. The van der Waals surface area contributed by atoms with Gasteiger partial charge in [0.25, 0.3) is 0 Å². The summed E-state index contributed by atoms with van der Waals surface area (Å²) in [5, 5.41) is 12.5. The molecule has 0 saturated heterocycles. The first-order valence-electron chi connectivity index (χ1n) is 8.19. The van der Waals surface area contributed by atoms with Crippen molar-refractivity contribution in [1.82, 2.24) is 15.1 Å². The fourth-order valence-corrected chi connectivity index (χ4v) is 3.81. The van der Waals surface area contributed by atoms with E-state index in [1.807, 2.05) is 0 Å². The van der Waals surface area contributed by atoms with Crippen LogP contribution in [0.1, 0.15) is 36.3 Å². The van der Waals surface area contributed by atoms with E-state index in [9.17, 15) is 9.18 Å². The molecule has 0 aliphatic heterocycles. The van der Waals surface area contributed by atoms with E-state index in [1.165, 1.54) is 54.1 Å². The summed E-state index contributed by atoms with van der Waals surface area (Å²) >= 11 is 1.44. The molecule has 0 spiro atoms. The molecule has 7 heteroatoms. The number of anilines is 1. The number of carbonyl (C=O) groups is 1. The minimum absolute atomic E-state index is 0.247. The maximum absolute atomic E-state index is 12.9. The van der Waals surface area contributed by atoms with Crippen LogP contribution in [0.25, 0.3) is 0 Å². The molecule has 1 aromatic heterocycles. The number of carbonyl (C=O) groups excluding carboxylic acids is 1. The van der Waals surface area contributed by atoms with Crippen molar-refractivity contribution in [3.8, 4) is 0 Å². The molecule has 0 bridgehead atoms. The third-order valence-electron chi connectivity index (χ3n) is 4.30. The lowest BCUT2D eigenvalue weighted by atomic mass is 10.1. The highest BCUT2D eigenvalue weighted by Crippen LogP contribution is 2.29. The minimum Gasteiger partial charge on any atom is -0.323 e. The van der Waals surface area contributed by atoms with E-state index in [-0.39, 0.29) is 11.8 Å². The van der Waals surface area contributed by atoms with Crippen molar-refractivity contribution in [3.63, 3.8) is 0 Å². The molecule has 1 saturated carbocycles. The molecule has 1 aliphatic rings. The lowest BCUT2D eigenvalue weighted by molar-refractivity contribution is 0.220. The summed E-state index contributed by atoms with van der Waals surface area (Å²) in [4.78, 5) is 13.8. The lowest BCUT2D eigenvalue weighted by Crippen LogP contribution is -2.30. The lowest BCUT2D eigenvalue weighted by Gasteiger charge is -2.16. The summed E-state index contributed by atoms with van der Waals surface area (Å²) in [6, 6.07) is 5.87. The molecular weight excluding hydrogens is 327 g/mol.